The minimum atomic E-state index is -0.282. The first-order valence-electron chi connectivity index (χ1n) is 8.43. The topological polar surface area (TPSA) is 49.4 Å². The fraction of sp³-hybridized carbons (Fsp3) is 0.300. The summed E-state index contributed by atoms with van der Waals surface area (Å²) in [5.74, 6) is -0.120. The van der Waals surface area contributed by atoms with Crippen molar-refractivity contribution in [3.63, 3.8) is 0 Å². The lowest BCUT2D eigenvalue weighted by molar-refractivity contribution is -0.128. The van der Waals surface area contributed by atoms with Crippen molar-refractivity contribution in [1.29, 1.82) is 0 Å². The first-order valence-corrected chi connectivity index (χ1v) is 8.43. The maximum atomic E-state index is 13.0. The molecule has 3 rings (SSSR count). The molecule has 130 valence electrons. The Morgan fingerprint density at radius 2 is 1.80 bits per heavy atom. The molecule has 0 aliphatic carbocycles. The summed E-state index contributed by atoms with van der Waals surface area (Å²) in [6.45, 7) is 1.59. The van der Waals surface area contributed by atoms with E-state index in [4.69, 9.17) is 0 Å². The maximum absolute atomic E-state index is 13.0. The third kappa shape index (κ3) is 4.89. The Bertz CT molecular complexity index is 731. The van der Waals surface area contributed by atoms with Crippen molar-refractivity contribution < 1.29 is 14.0 Å². The molecule has 1 aliphatic heterocycles. The molecule has 1 saturated heterocycles. The van der Waals surface area contributed by atoms with Crippen molar-refractivity contribution in [3.05, 3.63) is 71.5 Å². The summed E-state index contributed by atoms with van der Waals surface area (Å²) in [5, 5.41) is 2.92. The van der Waals surface area contributed by atoms with Gasteiger partial charge in [-0.25, -0.2) is 4.39 Å². The minimum absolute atomic E-state index is 0.0318. The number of hydrogen-bond acceptors (Lipinski definition) is 2. The fourth-order valence-electron chi connectivity index (χ4n) is 3.06. The third-order valence-corrected chi connectivity index (χ3v) is 4.38. The van der Waals surface area contributed by atoms with Crippen molar-refractivity contribution in [1.82, 2.24) is 10.2 Å². The Kier molecular flexibility index (Phi) is 5.43. The van der Waals surface area contributed by atoms with Gasteiger partial charge in [-0.15, -0.1) is 0 Å². The Morgan fingerprint density at radius 1 is 1.08 bits per heavy atom. The number of nitrogens with one attached hydrogen (secondary N) is 1. The molecule has 1 heterocycles. The van der Waals surface area contributed by atoms with Crippen molar-refractivity contribution >= 4 is 11.8 Å². The van der Waals surface area contributed by atoms with Crippen molar-refractivity contribution in [3.8, 4) is 0 Å². The van der Waals surface area contributed by atoms with E-state index in [0.29, 0.717) is 32.5 Å². The van der Waals surface area contributed by atoms with Crippen LogP contribution in [0.3, 0.4) is 0 Å². The molecule has 25 heavy (non-hydrogen) atoms. The molecule has 1 atom stereocenters. The standard InChI is InChI=1S/C20H21FN2O2/c21-18-8-6-16(7-9-18)13-23-14-17(11-20(23)25)12-22-19(24)10-15-4-2-1-3-5-15/h1-9,17H,10-14H2,(H,22,24)/t17-/m0/s1. The lowest BCUT2D eigenvalue weighted by Gasteiger charge is -2.17. The Balaban J connectivity index is 1.46. The summed E-state index contributed by atoms with van der Waals surface area (Å²) in [7, 11) is 0. The molecule has 0 unspecified atom stereocenters. The molecular formula is C20H21FN2O2. The number of benzene rings is 2. The van der Waals surface area contributed by atoms with Crippen LogP contribution in [-0.2, 0) is 22.6 Å². The zero-order chi connectivity index (χ0) is 17.6. The average molecular weight is 340 g/mol. The molecule has 1 fully saturated rings. The number of likely N-dealkylation sites (tertiary alicyclic amines) is 1. The summed E-state index contributed by atoms with van der Waals surface area (Å²) in [5.41, 5.74) is 1.88. The van der Waals surface area contributed by atoms with Crippen LogP contribution in [0.1, 0.15) is 17.5 Å². The highest BCUT2D eigenvalue weighted by Gasteiger charge is 2.29. The van der Waals surface area contributed by atoms with Crippen molar-refractivity contribution in [2.45, 2.75) is 19.4 Å². The van der Waals surface area contributed by atoms with E-state index in [2.05, 4.69) is 5.32 Å². The van der Waals surface area contributed by atoms with Gasteiger partial charge < -0.3 is 10.2 Å². The monoisotopic (exact) mass is 340 g/mol. The summed E-state index contributed by atoms with van der Waals surface area (Å²) >= 11 is 0. The van der Waals surface area contributed by atoms with E-state index in [1.807, 2.05) is 30.3 Å². The first-order chi connectivity index (χ1) is 12.1. The van der Waals surface area contributed by atoms with Gasteiger partial charge in [-0.1, -0.05) is 42.5 Å². The van der Waals surface area contributed by atoms with Gasteiger partial charge in [0.25, 0.3) is 0 Å². The fourth-order valence-corrected chi connectivity index (χ4v) is 3.06. The molecule has 4 nitrogen and oxygen atoms in total. The summed E-state index contributed by atoms with van der Waals surface area (Å²) < 4.78 is 13.0. The summed E-state index contributed by atoms with van der Waals surface area (Å²) in [4.78, 5) is 25.9. The van der Waals surface area contributed by atoms with Crippen LogP contribution in [0.4, 0.5) is 4.39 Å². The van der Waals surface area contributed by atoms with E-state index in [-0.39, 0.29) is 23.5 Å². The largest absolute Gasteiger partial charge is 0.355 e. The third-order valence-electron chi connectivity index (χ3n) is 4.38. The number of halogens is 1. The molecular weight excluding hydrogens is 319 g/mol. The Hall–Kier alpha value is -2.69. The van der Waals surface area contributed by atoms with Gasteiger partial charge in [-0.2, -0.15) is 0 Å². The van der Waals surface area contributed by atoms with Crippen LogP contribution in [0.2, 0.25) is 0 Å². The smallest absolute Gasteiger partial charge is 0.224 e. The van der Waals surface area contributed by atoms with Gasteiger partial charge in [-0.05, 0) is 23.3 Å². The van der Waals surface area contributed by atoms with E-state index in [1.165, 1.54) is 12.1 Å². The number of hydrogen-bond donors (Lipinski definition) is 1. The van der Waals surface area contributed by atoms with Crippen LogP contribution in [0.15, 0.2) is 54.6 Å². The second-order valence-corrected chi connectivity index (χ2v) is 6.44. The van der Waals surface area contributed by atoms with Crippen molar-refractivity contribution in [2.75, 3.05) is 13.1 Å². The highest BCUT2D eigenvalue weighted by molar-refractivity contribution is 5.80. The van der Waals surface area contributed by atoms with E-state index in [1.54, 1.807) is 17.0 Å². The normalized spacial score (nSPS) is 16.9. The number of rotatable bonds is 6. The predicted octanol–water partition coefficient (Wildman–Crippen LogP) is 2.53. The average Bonchev–Trinajstić information content (AvgIpc) is 2.96. The van der Waals surface area contributed by atoms with Gasteiger partial charge in [0, 0.05) is 32.0 Å². The zero-order valence-corrected chi connectivity index (χ0v) is 14.0. The highest BCUT2D eigenvalue weighted by atomic mass is 19.1. The number of amides is 2. The maximum Gasteiger partial charge on any atom is 0.224 e. The predicted molar refractivity (Wildman–Crippen MR) is 93.1 cm³/mol. The molecule has 2 amide bonds. The molecule has 0 saturated carbocycles. The van der Waals surface area contributed by atoms with E-state index in [9.17, 15) is 14.0 Å². The molecule has 1 aliphatic rings. The van der Waals surface area contributed by atoms with E-state index >= 15 is 0 Å². The summed E-state index contributed by atoms with van der Waals surface area (Å²) in [6, 6.07) is 15.8. The zero-order valence-electron chi connectivity index (χ0n) is 14.0. The highest BCUT2D eigenvalue weighted by Crippen LogP contribution is 2.20. The Morgan fingerprint density at radius 3 is 2.52 bits per heavy atom. The van der Waals surface area contributed by atoms with Gasteiger partial charge >= 0.3 is 0 Å². The minimum Gasteiger partial charge on any atom is -0.355 e. The molecule has 5 heteroatoms. The molecule has 0 radical (unpaired) electrons. The lowest BCUT2D eigenvalue weighted by Crippen LogP contribution is -2.32. The van der Waals surface area contributed by atoms with Gasteiger partial charge in [0.05, 0.1) is 6.42 Å². The van der Waals surface area contributed by atoms with Crippen LogP contribution in [0.25, 0.3) is 0 Å². The van der Waals surface area contributed by atoms with Gasteiger partial charge in [-0.3, -0.25) is 9.59 Å². The number of nitrogens with zero attached hydrogens (tertiary/aromatic N) is 1. The second kappa shape index (κ2) is 7.92. The van der Waals surface area contributed by atoms with Gasteiger partial charge in [0.15, 0.2) is 0 Å². The van der Waals surface area contributed by atoms with Crippen LogP contribution in [0.5, 0.6) is 0 Å². The second-order valence-electron chi connectivity index (χ2n) is 6.44. The molecule has 2 aromatic rings. The molecule has 1 N–H and O–H groups in total. The lowest BCUT2D eigenvalue weighted by atomic mass is 10.1. The van der Waals surface area contributed by atoms with Crippen molar-refractivity contribution in [2.24, 2.45) is 5.92 Å². The SMILES string of the molecule is O=C(Cc1ccccc1)NC[C@@H]1CC(=O)N(Cc2ccc(F)cc2)C1. The first kappa shape index (κ1) is 17.1. The number of carbonyl (C=O) groups is 2. The molecule has 2 aromatic carbocycles. The summed E-state index contributed by atoms with van der Waals surface area (Å²) in [6.07, 6.45) is 0.785. The van der Waals surface area contributed by atoms with Crippen LogP contribution >= 0.6 is 0 Å². The van der Waals surface area contributed by atoms with Gasteiger partial charge in [0.1, 0.15) is 5.82 Å². The molecule has 0 bridgehead atoms. The number of carbonyl (C=O) groups excluding carboxylic acids is 2. The molecule has 0 spiro atoms. The van der Waals surface area contributed by atoms with E-state index < -0.39 is 0 Å². The van der Waals surface area contributed by atoms with Crippen LogP contribution in [0, 0.1) is 11.7 Å². The van der Waals surface area contributed by atoms with Crippen LogP contribution < -0.4 is 5.32 Å². The Labute approximate surface area is 146 Å². The molecule has 0 aromatic heterocycles. The van der Waals surface area contributed by atoms with E-state index in [0.717, 1.165) is 11.1 Å². The van der Waals surface area contributed by atoms with Gasteiger partial charge in [0.2, 0.25) is 11.8 Å². The van der Waals surface area contributed by atoms with Crippen LogP contribution in [-0.4, -0.2) is 29.8 Å². The quantitative estimate of drug-likeness (QED) is 0.878.